The molecule has 0 N–H and O–H groups in total. The van der Waals surface area contributed by atoms with E-state index in [2.05, 4.69) is 4.74 Å². The molecule has 112 valence electrons. The van der Waals surface area contributed by atoms with Crippen LogP contribution in [0, 0.1) is 0 Å². The molecule has 1 rings (SSSR count). The Labute approximate surface area is 115 Å². The maximum atomic E-state index is 11.8. The maximum Gasteiger partial charge on any atom is 0.411 e. The molecule has 1 aromatic carbocycles. The molecule has 3 nitrogen and oxygen atoms in total. The molecule has 0 radical (unpaired) electrons. The second-order valence-corrected chi connectivity index (χ2v) is 4.30. The zero-order valence-electron chi connectivity index (χ0n) is 11.2. The number of hydrogen-bond acceptors (Lipinski definition) is 3. The zero-order chi connectivity index (χ0) is 15.0. The summed E-state index contributed by atoms with van der Waals surface area (Å²) in [6.07, 6.45) is -3.48. The van der Waals surface area contributed by atoms with Crippen molar-refractivity contribution in [2.24, 2.45) is 0 Å². The molecule has 0 atom stereocenters. The molecule has 0 heterocycles. The van der Waals surface area contributed by atoms with Crippen LogP contribution in [0.15, 0.2) is 24.3 Å². The fourth-order valence-electron chi connectivity index (χ4n) is 1.57. The first kappa shape index (κ1) is 16.5. The van der Waals surface area contributed by atoms with Crippen molar-refractivity contribution in [3.8, 4) is 5.75 Å². The van der Waals surface area contributed by atoms with Crippen molar-refractivity contribution < 1.29 is 27.4 Å². The van der Waals surface area contributed by atoms with Gasteiger partial charge in [0.15, 0.2) is 0 Å². The molecule has 0 saturated heterocycles. The topological polar surface area (TPSA) is 35.5 Å². The number of carbonyl (C=O) groups is 1. The standard InChI is InChI=1S/C14H17F3O3/c1-19-13-6-3-11(4-7-13)2-5-12(18)8-9-20-10-14(15,16)17/h3-4,6-7H,2,5,8-10H2,1H3. The van der Waals surface area contributed by atoms with E-state index >= 15 is 0 Å². The lowest BCUT2D eigenvalue weighted by Gasteiger charge is -2.07. The van der Waals surface area contributed by atoms with Crippen LogP contribution in [0.2, 0.25) is 0 Å². The highest BCUT2D eigenvalue weighted by molar-refractivity contribution is 5.78. The summed E-state index contributed by atoms with van der Waals surface area (Å²) in [7, 11) is 1.57. The predicted molar refractivity (Wildman–Crippen MR) is 67.8 cm³/mol. The Bertz CT molecular complexity index is 413. The number of benzene rings is 1. The first-order chi connectivity index (χ1) is 9.40. The number of hydrogen-bond donors (Lipinski definition) is 0. The Morgan fingerprint density at radius 1 is 1.15 bits per heavy atom. The normalized spacial score (nSPS) is 11.4. The molecule has 0 unspecified atom stereocenters. The molecular formula is C14H17F3O3. The van der Waals surface area contributed by atoms with Crippen molar-refractivity contribution in [2.75, 3.05) is 20.3 Å². The van der Waals surface area contributed by atoms with E-state index in [4.69, 9.17) is 4.74 Å². The quantitative estimate of drug-likeness (QED) is 0.690. The molecule has 0 spiro atoms. The van der Waals surface area contributed by atoms with Crippen LogP contribution in [-0.2, 0) is 16.0 Å². The summed E-state index contributed by atoms with van der Waals surface area (Å²) in [5, 5.41) is 0. The lowest BCUT2D eigenvalue weighted by atomic mass is 10.1. The fraction of sp³-hybridized carbons (Fsp3) is 0.500. The minimum absolute atomic E-state index is 0.00619. The molecule has 0 aliphatic heterocycles. The maximum absolute atomic E-state index is 11.8. The van der Waals surface area contributed by atoms with Crippen LogP contribution in [0.4, 0.5) is 13.2 Å². The third kappa shape index (κ3) is 7.13. The smallest absolute Gasteiger partial charge is 0.411 e. The third-order valence-corrected chi connectivity index (χ3v) is 2.64. The first-order valence-corrected chi connectivity index (χ1v) is 6.20. The summed E-state index contributed by atoms with van der Waals surface area (Å²) in [5.41, 5.74) is 0.982. The van der Waals surface area contributed by atoms with Crippen LogP contribution < -0.4 is 4.74 Å². The van der Waals surface area contributed by atoms with Crippen LogP contribution in [0.1, 0.15) is 18.4 Å². The van der Waals surface area contributed by atoms with E-state index in [-0.39, 0.29) is 18.8 Å². The van der Waals surface area contributed by atoms with E-state index in [1.165, 1.54) is 0 Å². The van der Waals surface area contributed by atoms with Crippen molar-refractivity contribution >= 4 is 5.78 Å². The molecule has 0 aromatic heterocycles. The Kier molecular flexibility index (Phi) is 6.51. The van der Waals surface area contributed by atoms with Crippen molar-refractivity contribution in [3.63, 3.8) is 0 Å². The average molecular weight is 290 g/mol. The lowest BCUT2D eigenvalue weighted by molar-refractivity contribution is -0.174. The Morgan fingerprint density at radius 2 is 1.80 bits per heavy atom. The summed E-state index contributed by atoms with van der Waals surface area (Å²) in [5.74, 6) is 0.628. The second kappa shape index (κ2) is 7.89. The van der Waals surface area contributed by atoms with Gasteiger partial charge in [0.2, 0.25) is 0 Å². The molecule has 0 saturated carbocycles. The van der Waals surface area contributed by atoms with Gasteiger partial charge < -0.3 is 9.47 Å². The summed E-state index contributed by atoms with van der Waals surface area (Å²) in [6.45, 7) is -1.50. The van der Waals surface area contributed by atoms with Gasteiger partial charge in [-0.3, -0.25) is 4.79 Å². The van der Waals surface area contributed by atoms with Gasteiger partial charge >= 0.3 is 6.18 Å². The molecule has 0 bridgehead atoms. The number of halogens is 3. The van der Waals surface area contributed by atoms with Crippen molar-refractivity contribution in [3.05, 3.63) is 29.8 Å². The van der Waals surface area contributed by atoms with E-state index in [1.807, 2.05) is 12.1 Å². The number of alkyl halides is 3. The highest BCUT2D eigenvalue weighted by Crippen LogP contribution is 2.15. The number of methoxy groups -OCH3 is 1. The monoisotopic (exact) mass is 290 g/mol. The Morgan fingerprint density at radius 3 is 2.35 bits per heavy atom. The zero-order valence-corrected chi connectivity index (χ0v) is 11.2. The lowest BCUT2D eigenvalue weighted by Crippen LogP contribution is -2.18. The summed E-state index contributed by atoms with van der Waals surface area (Å²) in [4.78, 5) is 11.5. The van der Waals surface area contributed by atoms with Gasteiger partial charge in [-0.05, 0) is 24.1 Å². The average Bonchev–Trinajstić information content (AvgIpc) is 2.41. The molecule has 0 aliphatic rings. The van der Waals surface area contributed by atoms with E-state index in [0.29, 0.717) is 12.8 Å². The first-order valence-electron chi connectivity index (χ1n) is 6.20. The summed E-state index contributed by atoms with van der Waals surface area (Å²) < 4.78 is 44.8. The van der Waals surface area contributed by atoms with Gasteiger partial charge in [-0.25, -0.2) is 0 Å². The summed E-state index contributed by atoms with van der Waals surface area (Å²) >= 11 is 0. The minimum atomic E-state index is -4.34. The largest absolute Gasteiger partial charge is 0.497 e. The van der Waals surface area contributed by atoms with Crippen molar-refractivity contribution in [1.82, 2.24) is 0 Å². The number of aryl methyl sites for hydroxylation is 1. The number of carbonyl (C=O) groups excluding carboxylic acids is 1. The number of rotatable bonds is 8. The van der Waals surface area contributed by atoms with Crippen LogP contribution in [-0.4, -0.2) is 32.3 Å². The van der Waals surface area contributed by atoms with E-state index < -0.39 is 12.8 Å². The highest BCUT2D eigenvalue weighted by Gasteiger charge is 2.27. The molecule has 0 aliphatic carbocycles. The van der Waals surface area contributed by atoms with Crippen LogP contribution >= 0.6 is 0 Å². The predicted octanol–water partition coefficient (Wildman–Crippen LogP) is 3.17. The van der Waals surface area contributed by atoms with Crippen LogP contribution in [0.5, 0.6) is 5.75 Å². The van der Waals surface area contributed by atoms with Gasteiger partial charge in [0.05, 0.1) is 13.7 Å². The minimum Gasteiger partial charge on any atom is -0.497 e. The molecular weight excluding hydrogens is 273 g/mol. The molecule has 6 heteroatoms. The van der Waals surface area contributed by atoms with Gasteiger partial charge in [0.25, 0.3) is 0 Å². The number of ether oxygens (including phenoxy) is 2. The second-order valence-electron chi connectivity index (χ2n) is 4.30. The molecule has 1 aromatic rings. The summed E-state index contributed by atoms with van der Waals surface area (Å²) in [6, 6.07) is 7.30. The molecule has 20 heavy (non-hydrogen) atoms. The van der Waals surface area contributed by atoms with Crippen LogP contribution in [0.3, 0.4) is 0 Å². The third-order valence-electron chi connectivity index (χ3n) is 2.64. The Hall–Kier alpha value is -1.56. The van der Waals surface area contributed by atoms with Gasteiger partial charge in [0, 0.05) is 12.8 Å². The Balaban J connectivity index is 2.19. The van der Waals surface area contributed by atoms with Gasteiger partial charge in [-0.1, -0.05) is 12.1 Å². The SMILES string of the molecule is COc1ccc(CCC(=O)CCOCC(F)(F)F)cc1. The van der Waals surface area contributed by atoms with Crippen molar-refractivity contribution in [1.29, 1.82) is 0 Å². The van der Waals surface area contributed by atoms with Gasteiger partial charge in [0.1, 0.15) is 18.1 Å². The highest BCUT2D eigenvalue weighted by atomic mass is 19.4. The number of Topliss-reactive ketones (excluding diaryl/α,β-unsaturated/α-hetero) is 1. The van der Waals surface area contributed by atoms with Gasteiger partial charge in [-0.2, -0.15) is 13.2 Å². The van der Waals surface area contributed by atoms with Gasteiger partial charge in [-0.15, -0.1) is 0 Å². The van der Waals surface area contributed by atoms with Crippen molar-refractivity contribution in [2.45, 2.75) is 25.4 Å². The number of ketones is 1. The van der Waals surface area contributed by atoms with E-state index in [9.17, 15) is 18.0 Å². The van der Waals surface area contributed by atoms with E-state index in [1.54, 1.807) is 19.2 Å². The van der Waals surface area contributed by atoms with E-state index in [0.717, 1.165) is 11.3 Å². The molecule has 0 amide bonds. The molecule has 0 fully saturated rings. The fourth-order valence-corrected chi connectivity index (χ4v) is 1.57. The van der Waals surface area contributed by atoms with Crippen LogP contribution in [0.25, 0.3) is 0 Å².